The van der Waals surface area contributed by atoms with Gasteiger partial charge >= 0.3 is 0 Å². The molecule has 0 aromatic carbocycles. The third-order valence-electron chi connectivity index (χ3n) is 4.74. The molecule has 0 spiro atoms. The van der Waals surface area contributed by atoms with Crippen molar-refractivity contribution in [3.8, 4) is 0 Å². The summed E-state index contributed by atoms with van der Waals surface area (Å²) in [7, 11) is 0. The molecule has 0 radical (unpaired) electrons. The van der Waals surface area contributed by atoms with Crippen LogP contribution in [0.2, 0.25) is 0 Å². The molecule has 0 aliphatic heterocycles. The first-order chi connectivity index (χ1) is 13.5. The number of ketones is 2. The summed E-state index contributed by atoms with van der Waals surface area (Å²) in [6, 6.07) is 11.5. The van der Waals surface area contributed by atoms with Gasteiger partial charge in [0.1, 0.15) is 0 Å². The number of nitrogens with zero attached hydrogens (tertiary/aromatic N) is 2. The van der Waals surface area contributed by atoms with Crippen molar-refractivity contribution in [1.82, 2.24) is 0 Å². The molecule has 4 aromatic heterocycles. The number of aromatic nitrogens is 2. The summed E-state index contributed by atoms with van der Waals surface area (Å²) in [5, 5.41) is 1.07. The van der Waals surface area contributed by atoms with Crippen molar-refractivity contribution in [1.29, 1.82) is 0 Å². The molecular weight excluding hydrogens is 388 g/mol. The zero-order chi connectivity index (χ0) is 19.7. The van der Waals surface area contributed by atoms with Crippen molar-refractivity contribution in [2.75, 3.05) is 0 Å². The summed E-state index contributed by atoms with van der Waals surface area (Å²) in [5.41, 5.74) is 1.98. The van der Waals surface area contributed by atoms with Gasteiger partial charge in [-0.2, -0.15) is 9.13 Å². The maximum absolute atomic E-state index is 12.8. The fourth-order valence-corrected chi connectivity index (χ4v) is 6.08. The van der Waals surface area contributed by atoms with E-state index in [4.69, 9.17) is 0 Å². The van der Waals surface area contributed by atoms with E-state index in [1.807, 2.05) is 84.2 Å². The summed E-state index contributed by atoms with van der Waals surface area (Å²) in [5.74, 6) is 0.212. The van der Waals surface area contributed by atoms with E-state index >= 15 is 0 Å². The van der Waals surface area contributed by atoms with Crippen LogP contribution in [-0.2, 0) is 13.1 Å². The molecule has 0 saturated heterocycles. The fourth-order valence-electron chi connectivity index (χ4n) is 3.36. The molecule has 0 amide bonds. The average Bonchev–Trinajstić information content (AvgIpc) is 3.20. The van der Waals surface area contributed by atoms with Crippen molar-refractivity contribution >= 4 is 43.6 Å². The lowest BCUT2D eigenvalue weighted by Gasteiger charge is -2.00. The SMILES string of the molecule is Cc1c(C(=O)C[n+]2ccccc2)sc2sc(C(=O)C[n+]3ccccc3)c(C)c12. The largest absolute Gasteiger partial charge is 0.286 e. The number of rotatable bonds is 6. The molecule has 0 saturated carbocycles. The van der Waals surface area contributed by atoms with Crippen LogP contribution in [0, 0.1) is 13.8 Å². The zero-order valence-electron chi connectivity index (χ0n) is 15.7. The number of carbonyl (C=O) groups is 2. The van der Waals surface area contributed by atoms with Gasteiger partial charge in [0.05, 0.1) is 13.8 Å². The fraction of sp³-hybridized carbons (Fsp3) is 0.182. The van der Waals surface area contributed by atoms with Gasteiger partial charge in [-0.3, -0.25) is 9.59 Å². The van der Waals surface area contributed by atoms with Gasteiger partial charge in [0.15, 0.2) is 24.8 Å². The highest BCUT2D eigenvalue weighted by Crippen LogP contribution is 2.41. The molecule has 28 heavy (non-hydrogen) atoms. The van der Waals surface area contributed by atoms with Crippen LogP contribution in [0.15, 0.2) is 61.2 Å². The van der Waals surface area contributed by atoms with Crippen molar-refractivity contribution in [2.24, 2.45) is 0 Å². The quantitative estimate of drug-likeness (QED) is 0.358. The predicted octanol–water partition coefficient (Wildman–Crippen LogP) is 3.92. The molecule has 0 aliphatic carbocycles. The minimum absolute atomic E-state index is 0.106. The van der Waals surface area contributed by atoms with Crippen molar-refractivity contribution in [2.45, 2.75) is 26.9 Å². The molecule has 4 rings (SSSR count). The number of Topliss-reactive ketones (excluding diaryl/α,β-unsaturated/α-hetero) is 2. The molecular formula is C22H20N2O2S2+2. The zero-order valence-corrected chi connectivity index (χ0v) is 17.3. The van der Waals surface area contributed by atoms with E-state index < -0.39 is 0 Å². The van der Waals surface area contributed by atoms with Crippen LogP contribution in [0.1, 0.15) is 30.5 Å². The monoisotopic (exact) mass is 408 g/mol. The number of fused-ring (bicyclic) bond motifs is 1. The van der Waals surface area contributed by atoms with Gasteiger partial charge in [-0.25, -0.2) is 0 Å². The first-order valence-electron chi connectivity index (χ1n) is 9.01. The minimum atomic E-state index is 0.106. The molecule has 0 unspecified atom stereocenters. The predicted molar refractivity (Wildman–Crippen MR) is 111 cm³/mol. The van der Waals surface area contributed by atoms with Crippen LogP contribution in [0.4, 0.5) is 0 Å². The Balaban J connectivity index is 1.62. The number of carbonyl (C=O) groups excluding carboxylic acids is 2. The van der Waals surface area contributed by atoms with E-state index in [9.17, 15) is 9.59 Å². The Morgan fingerprint density at radius 3 is 1.46 bits per heavy atom. The number of hydrogen-bond acceptors (Lipinski definition) is 4. The van der Waals surface area contributed by atoms with Gasteiger partial charge in [0.2, 0.25) is 24.7 Å². The summed E-state index contributed by atoms with van der Waals surface area (Å²) < 4.78 is 4.82. The van der Waals surface area contributed by atoms with Gasteiger partial charge in [-0.1, -0.05) is 12.1 Å². The molecule has 0 atom stereocenters. The standard InChI is InChI=1S/C22H20N2O2S2/c1-15-19-16(2)21(18(26)14-24-11-7-4-8-12-24)28-22(19)27-20(15)17(25)13-23-9-5-3-6-10-23/h3-12H,13-14H2,1-2H3/q+2. The van der Waals surface area contributed by atoms with E-state index in [1.54, 1.807) is 0 Å². The first kappa shape index (κ1) is 18.7. The lowest BCUT2D eigenvalue weighted by atomic mass is 10.1. The molecule has 0 aliphatic rings. The Morgan fingerprint density at radius 2 is 1.11 bits per heavy atom. The topological polar surface area (TPSA) is 41.9 Å². The number of hydrogen-bond donors (Lipinski definition) is 0. The first-order valence-corrected chi connectivity index (χ1v) is 10.6. The maximum Gasteiger partial charge on any atom is 0.237 e. The molecule has 6 heteroatoms. The van der Waals surface area contributed by atoms with Crippen LogP contribution in [-0.4, -0.2) is 11.6 Å². The van der Waals surface area contributed by atoms with E-state index in [0.717, 1.165) is 30.3 Å². The summed E-state index contributed by atoms with van der Waals surface area (Å²) in [4.78, 5) is 27.2. The van der Waals surface area contributed by atoms with Gasteiger partial charge < -0.3 is 0 Å². The van der Waals surface area contributed by atoms with Crippen LogP contribution < -0.4 is 9.13 Å². The van der Waals surface area contributed by atoms with Gasteiger partial charge in [-0.15, -0.1) is 22.7 Å². The molecule has 4 aromatic rings. The Morgan fingerprint density at radius 1 is 0.714 bits per heavy atom. The Bertz CT molecular complexity index is 1070. The Kier molecular flexibility index (Phi) is 5.15. The van der Waals surface area contributed by atoms with Crippen LogP contribution in [0.5, 0.6) is 0 Å². The number of pyridine rings is 2. The highest BCUT2D eigenvalue weighted by Gasteiger charge is 2.25. The van der Waals surface area contributed by atoms with Crippen molar-refractivity contribution in [3.63, 3.8) is 0 Å². The second-order valence-electron chi connectivity index (χ2n) is 6.72. The van der Waals surface area contributed by atoms with Crippen molar-refractivity contribution < 1.29 is 18.7 Å². The number of thiophene rings is 2. The average molecular weight is 409 g/mol. The van der Waals surface area contributed by atoms with Gasteiger partial charge in [-0.05, 0) is 25.0 Å². The maximum atomic E-state index is 12.8. The second-order valence-corrected chi connectivity index (χ2v) is 9.02. The van der Waals surface area contributed by atoms with Crippen LogP contribution >= 0.6 is 22.7 Å². The van der Waals surface area contributed by atoms with Crippen LogP contribution in [0.3, 0.4) is 0 Å². The minimum Gasteiger partial charge on any atom is -0.286 e. The van der Waals surface area contributed by atoms with Gasteiger partial charge in [0.25, 0.3) is 0 Å². The third kappa shape index (κ3) is 3.53. The molecule has 0 N–H and O–H groups in total. The lowest BCUT2D eigenvalue weighted by Crippen LogP contribution is -2.36. The van der Waals surface area contributed by atoms with Crippen molar-refractivity contribution in [3.05, 3.63) is 82.1 Å². The molecule has 0 fully saturated rings. The molecule has 4 nitrogen and oxygen atoms in total. The third-order valence-corrected chi connectivity index (χ3v) is 7.49. The summed E-state index contributed by atoms with van der Waals surface area (Å²) in [6.45, 7) is 4.62. The second kappa shape index (κ2) is 7.73. The molecule has 0 bridgehead atoms. The highest BCUT2D eigenvalue weighted by atomic mass is 32.2. The smallest absolute Gasteiger partial charge is 0.237 e. The highest BCUT2D eigenvalue weighted by molar-refractivity contribution is 7.40. The Hall–Kier alpha value is -2.70. The Labute approximate surface area is 171 Å². The van der Waals surface area contributed by atoms with E-state index in [0.29, 0.717) is 13.1 Å². The molecule has 140 valence electrons. The van der Waals surface area contributed by atoms with Gasteiger partial charge in [0, 0.05) is 29.7 Å². The van der Waals surface area contributed by atoms with E-state index in [-0.39, 0.29) is 11.6 Å². The van der Waals surface area contributed by atoms with E-state index in [1.165, 1.54) is 22.7 Å². The molecule has 4 heterocycles. The van der Waals surface area contributed by atoms with E-state index in [2.05, 4.69) is 0 Å². The normalized spacial score (nSPS) is 11.1. The lowest BCUT2D eigenvalue weighted by molar-refractivity contribution is -0.683. The summed E-state index contributed by atoms with van der Waals surface area (Å²) >= 11 is 3.01. The van der Waals surface area contributed by atoms with Crippen LogP contribution in [0.25, 0.3) is 9.40 Å². The number of aryl methyl sites for hydroxylation is 2. The summed E-state index contributed by atoms with van der Waals surface area (Å²) in [6.07, 6.45) is 7.58.